The molecule has 0 radical (unpaired) electrons. The van der Waals surface area contributed by atoms with E-state index in [0.717, 1.165) is 21.1 Å². The molecule has 1 N–H and O–H groups in total. The number of halogens is 1. The molecule has 0 atom stereocenters. The van der Waals surface area contributed by atoms with Crippen molar-refractivity contribution in [1.29, 1.82) is 0 Å². The Balaban J connectivity index is 1.88. The van der Waals surface area contributed by atoms with Gasteiger partial charge in [-0.05, 0) is 35.9 Å². The Hall–Kier alpha value is -2.20. The zero-order valence-electron chi connectivity index (χ0n) is 10.5. The first-order valence-electron chi connectivity index (χ1n) is 6.16. The molecule has 1 heterocycles. The van der Waals surface area contributed by atoms with E-state index in [1.165, 1.54) is 6.08 Å². The van der Waals surface area contributed by atoms with Crippen molar-refractivity contribution in [2.75, 3.05) is 0 Å². The Morgan fingerprint density at radius 3 is 2.65 bits per heavy atom. The predicted molar refractivity (Wildman–Crippen MR) is 83.6 cm³/mol. The number of carbonyl (C=O) groups excluding carboxylic acids is 1. The Bertz CT molecular complexity index is 772. The lowest BCUT2D eigenvalue weighted by atomic mass is 10.2. The van der Waals surface area contributed by atoms with Crippen LogP contribution in [0.1, 0.15) is 16.2 Å². The first kappa shape index (κ1) is 12.8. The molecule has 1 aromatic heterocycles. The van der Waals surface area contributed by atoms with E-state index in [9.17, 15) is 4.79 Å². The number of hydrogen-bond donors (Lipinski definition) is 1. The van der Waals surface area contributed by atoms with Crippen LogP contribution in [-0.4, -0.2) is 15.8 Å². The van der Waals surface area contributed by atoms with E-state index < -0.39 is 0 Å². The second-order valence-electron chi connectivity index (χ2n) is 4.32. The van der Waals surface area contributed by atoms with Crippen molar-refractivity contribution in [1.82, 2.24) is 9.97 Å². The smallest absolute Gasteiger partial charge is 0.221 e. The predicted octanol–water partition coefficient (Wildman–Crippen LogP) is 4.22. The second kappa shape index (κ2) is 5.43. The standard InChI is InChI=1S/C16H11BrN2O/c17-12-6-2-1-5-11(12)9-10-15(20)16-18-13-7-3-4-8-14(13)19-16/h1-10H,(H,18,19)/b10-9+. The van der Waals surface area contributed by atoms with Gasteiger partial charge >= 0.3 is 0 Å². The SMILES string of the molecule is O=C(/C=C/c1ccccc1Br)c1nc2ccccc2[nH]1. The molecule has 2 aromatic carbocycles. The summed E-state index contributed by atoms with van der Waals surface area (Å²) in [6, 6.07) is 15.3. The number of allylic oxidation sites excluding steroid dienone is 1. The van der Waals surface area contributed by atoms with Crippen molar-refractivity contribution < 1.29 is 4.79 Å². The largest absolute Gasteiger partial charge is 0.335 e. The van der Waals surface area contributed by atoms with E-state index in [2.05, 4.69) is 25.9 Å². The lowest BCUT2D eigenvalue weighted by molar-refractivity contribution is 0.103. The molecule has 4 heteroatoms. The number of aromatic amines is 1. The summed E-state index contributed by atoms with van der Waals surface area (Å²) in [7, 11) is 0. The van der Waals surface area contributed by atoms with Crippen molar-refractivity contribution in [3.8, 4) is 0 Å². The minimum absolute atomic E-state index is 0.142. The number of rotatable bonds is 3. The third kappa shape index (κ3) is 2.56. The number of carbonyl (C=O) groups is 1. The molecular formula is C16H11BrN2O. The number of hydrogen-bond acceptors (Lipinski definition) is 2. The van der Waals surface area contributed by atoms with Gasteiger partial charge in [-0.15, -0.1) is 0 Å². The molecule has 0 spiro atoms. The van der Waals surface area contributed by atoms with Gasteiger partial charge in [0.05, 0.1) is 11.0 Å². The van der Waals surface area contributed by atoms with Crippen LogP contribution < -0.4 is 0 Å². The maximum absolute atomic E-state index is 12.1. The number of aromatic nitrogens is 2. The summed E-state index contributed by atoms with van der Waals surface area (Å²) in [6.45, 7) is 0. The molecule has 0 aliphatic heterocycles. The number of benzene rings is 2. The third-order valence-electron chi connectivity index (χ3n) is 2.94. The van der Waals surface area contributed by atoms with E-state index in [4.69, 9.17) is 0 Å². The fourth-order valence-electron chi connectivity index (χ4n) is 1.92. The summed E-state index contributed by atoms with van der Waals surface area (Å²) >= 11 is 3.44. The van der Waals surface area contributed by atoms with Crippen LogP contribution in [0.4, 0.5) is 0 Å². The molecule has 3 aromatic rings. The average molecular weight is 327 g/mol. The second-order valence-corrected chi connectivity index (χ2v) is 5.18. The number of ketones is 1. The Morgan fingerprint density at radius 2 is 1.85 bits per heavy atom. The molecule has 0 aliphatic rings. The molecule has 0 aliphatic carbocycles. The fraction of sp³-hybridized carbons (Fsp3) is 0. The van der Waals surface area contributed by atoms with E-state index in [1.54, 1.807) is 6.08 Å². The number of nitrogens with zero attached hydrogens (tertiary/aromatic N) is 1. The highest BCUT2D eigenvalue weighted by molar-refractivity contribution is 9.10. The maximum Gasteiger partial charge on any atom is 0.221 e. The van der Waals surface area contributed by atoms with Crippen molar-refractivity contribution in [3.63, 3.8) is 0 Å². The van der Waals surface area contributed by atoms with Gasteiger partial charge in [-0.2, -0.15) is 0 Å². The van der Waals surface area contributed by atoms with Gasteiger partial charge < -0.3 is 4.98 Å². The van der Waals surface area contributed by atoms with Crippen molar-refractivity contribution in [2.24, 2.45) is 0 Å². The summed E-state index contributed by atoms with van der Waals surface area (Å²) in [6.07, 6.45) is 3.30. The van der Waals surface area contributed by atoms with Gasteiger partial charge in [0.1, 0.15) is 0 Å². The van der Waals surface area contributed by atoms with Crippen LogP contribution in [0.25, 0.3) is 17.1 Å². The minimum atomic E-state index is -0.142. The van der Waals surface area contributed by atoms with E-state index in [-0.39, 0.29) is 5.78 Å². The lowest BCUT2D eigenvalue weighted by Crippen LogP contribution is -1.96. The van der Waals surface area contributed by atoms with Crippen molar-refractivity contribution in [3.05, 3.63) is 70.5 Å². The summed E-state index contributed by atoms with van der Waals surface area (Å²) < 4.78 is 0.952. The van der Waals surface area contributed by atoms with Crippen molar-refractivity contribution in [2.45, 2.75) is 0 Å². The fourth-order valence-corrected chi connectivity index (χ4v) is 2.34. The van der Waals surface area contributed by atoms with E-state index >= 15 is 0 Å². The van der Waals surface area contributed by atoms with Gasteiger partial charge in [0, 0.05) is 4.47 Å². The monoisotopic (exact) mass is 326 g/mol. The quantitative estimate of drug-likeness (QED) is 0.578. The molecule has 0 saturated heterocycles. The Morgan fingerprint density at radius 1 is 1.10 bits per heavy atom. The first-order valence-corrected chi connectivity index (χ1v) is 6.95. The van der Waals surface area contributed by atoms with E-state index in [1.807, 2.05) is 48.5 Å². The van der Waals surface area contributed by atoms with Crippen LogP contribution in [0.5, 0.6) is 0 Å². The van der Waals surface area contributed by atoms with Gasteiger partial charge in [0.15, 0.2) is 5.82 Å². The van der Waals surface area contributed by atoms with Crippen LogP contribution in [0.3, 0.4) is 0 Å². The van der Waals surface area contributed by atoms with Gasteiger partial charge in [-0.3, -0.25) is 4.79 Å². The highest BCUT2D eigenvalue weighted by atomic mass is 79.9. The van der Waals surface area contributed by atoms with Crippen LogP contribution in [0.15, 0.2) is 59.1 Å². The summed E-state index contributed by atoms with van der Waals surface area (Å²) in [5.41, 5.74) is 2.62. The van der Waals surface area contributed by atoms with Crippen LogP contribution in [-0.2, 0) is 0 Å². The summed E-state index contributed by atoms with van der Waals surface area (Å²) in [5.74, 6) is 0.214. The highest BCUT2D eigenvalue weighted by Crippen LogP contribution is 2.17. The van der Waals surface area contributed by atoms with Gasteiger partial charge in [0.25, 0.3) is 0 Å². The molecule has 20 heavy (non-hydrogen) atoms. The maximum atomic E-state index is 12.1. The number of fused-ring (bicyclic) bond motifs is 1. The molecule has 0 fully saturated rings. The number of nitrogens with one attached hydrogen (secondary N) is 1. The average Bonchev–Trinajstić information content (AvgIpc) is 2.90. The molecule has 0 saturated carbocycles. The molecule has 3 nitrogen and oxygen atoms in total. The van der Waals surface area contributed by atoms with Gasteiger partial charge in [-0.1, -0.05) is 46.3 Å². The van der Waals surface area contributed by atoms with Gasteiger partial charge in [0.2, 0.25) is 5.78 Å². The molecular weight excluding hydrogens is 316 g/mol. The number of para-hydroxylation sites is 2. The summed E-state index contributed by atoms with van der Waals surface area (Å²) in [4.78, 5) is 19.4. The molecule has 0 bridgehead atoms. The molecule has 0 unspecified atom stereocenters. The van der Waals surface area contributed by atoms with Crippen LogP contribution >= 0.6 is 15.9 Å². The Kier molecular flexibility index (Phi) is 3.48. The first-order chi connectivity index (χ1) is 9.74. The summed E-state index contributed by atoms with van der Waals surface area (Å²) in [5, 5.41) is 0. The molecule has 0 amide bonds. The minimum Gasteiger partial charge on any atom is -0.335 e. The van der Waals surface area contributed by atoms with E-state index in [0.29, 0.717) is 5.82 Å². The number of H-pyrrole nitrogens is 1. The topological polar surface area (TPSA) is 45.8 Å². The zero-order valence-corrected chi connectivity index (χ0v) is 12.1. The van der Waals surface area contributed by atoms with Gasteiger partial charge in [-0.25, -0.2) is 4.98 Å². The molecule has 3 rings (SSSR count). The lowest BCUT2D eigenvalue weighted by Gasteiger charge is -1.95. The highest BCUT2D eigenvalue weighted by Gasteiger charge is 2.08. The Labute approximate surface area is 124 Å². The third-order valence-corrected chi connectivity index (χ3v) is 3.66. The van der Waals surface area contributed by atoms with Crippen LogP contribution in [0, 0.1) is 0 Å². The van der Waals surface area contributed by atoms with Crippen molar-refractivity contribution >= 4 is 38.8 Å². The number of imidazole rings is 1. The van der Waals surface area contributed by atoms with Crippen LogP contribution in [0.2, 0.25) is 0 Å². The molecule has 98 valence electrons. The zero-order chi connectivity index (χ0) is 13.9. The normalized spacial score (nSPS) is 11.2.